The van der Waals surface area contributed by atoms with Gasteiger partial charge in [-0.25, -0.2) is 4.98 Å². The zero-order valence-electron chi connectivity index (χ0n) is 29.1. The van der Waals surface area contributed by atoms with E-state index in [0.717, 1.165) is 57.8 Å². The van der Waals surface area contributed by atoms with Crippen LogP contribution in [0.3, 0.4) is 0 Å². The lowest BCUT2D eigenvalue weighted by molar-refractivity contribution is -0.145. The third kappa shape index (κ3) is 8.78. The minimum absolute atomic E-state index is 0.00787. The fraction of sp³-hybridized carbons (Fsp3) is 0.750. The number of likely N-dealkylation sites (tertiary alicyclic amines) is 1. The number of hydrogen-bond acceptors (Lipinski definition) is 8. The Balaban J connectivity index is 1.32. The van der Waals surface area contributed by atoms with Crippen molar-refractivity contribution in [2.45, 2.75) is 135 Å². The van der Waals surface area contributed by atoms with E-state index in [-0.39, 0.29) is 53.3 Å². The van der Waals surface area contributed by atoms with E-state index in [4.69, 9.17) is 0 Å². The van der Waals surface area contributed by atoms with E-state index in [9.17, 15) is 24.0 Å². The van der Waals surface area contributed by atoms with Crippen molar-refractivity contribution in [1.82, 2.24) is 36.1 Å². The summed E-state index contributed by atoms with van der Waals surface area (Å²) in [6.07, 6.45) is 15.3. The highest BCUT2D eigenvalue weighted by Gasteiger charge is 2.52. The van der Waals surface area contributed by atoms with Gasteiger partial charge in [-0.15, -0.1) is 0 Å². The molecule has 0 bridgehead atoms. The Kier molecular flexibility index (Phi) is 11.9. The van der Waals surface area contributed by atoms with Gasteiger partial charge in [0.1, 0.15) is 11.7 Å². The van der Waals surface area contributed by atoms with Crippen LogP contribution >= 0.6 is 0 Å². The van der Waals surface area contributed by atoms with Gasteiger partial charge in [0.2, 0.25) is 17.6 Å². The molecule has 1 saturated heterocycles. The third-order valence-corrected chi connectivity index (χ3v) is 10.8. The van der Waals surface area contributed by atoms with Crippen molar-refractivity contribution >= 4 is 29.4 Å². The number of amides is 4. The average molecular weight is 666 g/mol. The molecule has 0 aromatic carbocycles. The number of fused-ring (bicyclic) bond motifs is 1. The van der Waals surface area contributed by atoms with Crippen LogP contribution in [0.15, 0.2) is 18.6 Å². The molecule has 1 aliphatic heterocycles. The largest absolute Gasteiger partial charge is 0.347 e. The number of nitrogens with one attached hydrogen (secondary N) is 4. The highest BCUT2D eigenvalue weighted by molar-refractivity contribution is 6.38. The van der Waals surface area contributed by atoms with Gasteiger partial charge < -0.3 is 26.2 Å². The third-order valence-electron chi connectivity index (χ3n) is 10.8. The smallest absolute Gasteiger partial charge is 0.289 e. The summed E-state index contributed by atoms with van der Waals surface area (Å²) in [5.41, 5.74) is -0.243. The molecule has 0 unspecified atom stereocenters. The number of nitrogens with zero attached hydrogens (tertiary/aromatic N) is 3. The maximum Gasteiger partial charge on any atom is 0.289 e. The highest BCUT2D eigenvalue weighted by Crippen LogP contribution is 2.43. The first-order valence-corrected chi connectivity index (χ1v) is 18.2. The molecule has 0 spiro atoms. The molecule has 4 aliphatic rings. The lowest BCUT2D eigenvalue weighted by Gasteiger charge is -2.38. The van der Waals surface area contributed by atoms with Gasteiger partial charge in [0.25, 0.3) is 11.8 Å². The molecular weight excluding hydrogens is 610 g/mol. The Hall–Kier alpha value is -3.41. The van der Waals surface area contributed by atoms with Crippen LogP contribution in [-0.4, -0.2) is 87.6 Å². The van der Waals surface area contributed by atoms with E-state index in [1.54, 1.807) is 4.90 Å². The zero-order valence-corrected chi connectivity index (χ0v) is 29.1. The molecule has 6 atom stereocenters. The van der Waals surface area contributed by atoms with E-state index in [0.29, 0.717) is 25.9 Å². The quantitative estimate of drug-likeness (QED) is 0.221. The van der Waals surface area contributed by atoms with Crippen molar-refractivity contribution in [2.75, 3.05) is 13.1 Å². The molecule has 3 aliphatic carbocycles. The van der Waals surface area contributed by atoms with E-state index in [1.165, 1.54) is 25.0 Å². The summed E-state index contributed by atoms with van der Waals surface area (Å²) in [4.78, 5) is 77.6. The number of rotatable bonds is 14. The predicted molar refractivity (Wildman–Crippen MR) is 180 cm³/mol. The number of aromatic nitrogens is 2. The van der Waals surface area contributed by atoms with Crippen LogP contribution in [0.4, 0.5) is 0 Å². The maximum absolute atomic E-state index is 14.6. The van der Waals surface area contributed by atoms with Gasteiger partial charge in [0.15, 0.2) is 0 Å². The molecule has 4 N–H and O–H groups in total. The first-order chi connectivity index (χ1) is 23.0. The highest BCUT2D eigenvalue weighted by atomic mass is 16.2. The molecular formula is C36H55N7O5. The SMILES string of the molecule is CCC[C@H](NC(=O)[C@@H]1[C@H]2CCC[C@H]2CN1C(=O)[C@@H](NC[C@@H](NC(=O)c1cnccn1)C1CCCCC1)C(C)(C)C)C(=O)C(=O)NC1CC1. The zero-order chi connectivity index (χ0) is 34.4. The molecule has 12 heteroatoms. The minimum atomic E-state index is -0.927. The van der Waals surface area contributed by atoms with Crippen LogP contribution in [0.2, 0.25) is 0 Å². The molecule has 2 heterocycles. The summed E-state index contributed by atoms with van der Waals surface area (Å²) in [6.45, 7) is 8.83. The van der Waals surface area contributed by atoms with E-state index in [1.807, 2.05) is 27.7 Å². The second-order valence-electron chi connectivity index (χ2n) is 15.5. The number of carbonyl (C=O) groups excluding carboxylic acids is 5. The fourth-order valence-corrected chi connectivity index (χ4v) is 8.03. The Bertz CT molecular complexity index is 1310. The molecule has 5 rings (SSSR count). The molecule has 3 saturated carbocycles. The van der Waals surface area contributed by atoms with Gasteiger partial charge in [-0.2, -0.15) is 0 Å². The van der Waals surface area contributed by atoms with Gasteiger partial charge in [-0.3, -0.25) is 29.0 Å². The van der Waals surface area contributed by atoms with E-state index in [2.05, 4.69) is 31.2 Å². The number of Topliss-reactive ketones (excluding diaryl/α,β-unsaturated/α-hetero) is 1. The van der Waals surface area contributed by atoms with Crippen molar-refractivity contribution in [2.24, 2.45) is 23.2 Å². The minimum Gasteiger partial charge on any atom is -0.347 e. The van der Waals surface area contributed by atoms with Crippen molar-refractivity contribution in [3.8, 4) is 0 Å². The molecule has 4 amide bonds. The molecule has 0 radical (unpaired) electrons. The molecule has 4 fully saturated rings. The molecule has 264 valence electrons. The number of hydrogen-bond donors (Lipinski definition) is 4. The van der Waals surface area contributed by atoms with Crippen LogP contribution in [0.5, 0.6) is 0 Å². The van der Waals surface area contributed by atoms with Crippen molar-refractivity contribution in [1.29, 1.82) is 0 Å². The van der Waals surface area contributed by atoms with Crippen LogP contribution in [0, 0.1) is 23.2 Å². The average Bonchev–Trinajstić information content (AvgIpc) is 3.63. The Labute approximate surface area is 284 Å². The van der Waals surface area contributed by atoms with Crippen LogP contribution in [-0.2, 0) is 19.2 Å². The van der Waals surface area contributed by atoms with Crippen molar-refractivity contribution < 1.29 is 24.0 Å². The second kappa shape index (κ2) is 15.9. The number of carbonyl (C=O) groups is 5. The van der Waals surface area contributed by atoms with Gasteiger partial charge in [0, 0.05) is 37.6 Å². The summed E-state index contributed by atoms with van der Waals surface area (Å²) >= 11 is 0. The van der Waals surface area contributed by atoms with Gasteiger partial charge in [-0.05, 0) is 68.1 Å². The summed E-state index contributed by atoms with van der Waals surface area (Å²) in [5, 5.41) is 12.4. The summed E-state index contributed by atoms with van der Waals surface area (Å²) in [6, 6.07) is -2.42. The number of ketones is 1. The molecule has 1 aromatic rings. The lowest BCUT2D eigenvalue weighted by Crippen LogP contribution is -2.60. The van der Waals surface area contributed by atoms with Gasteiger partial charge >= 0.3 is 0 Å². The lowest BCUT2D eigenvalue weighted by atomic mass is 9.82. The molecule has 1 aromatic heterocycles. The first-order valence-electron chi connectivity index (χ1n) is 18.2. The molecule has 12 nitrogen and oxygen atoms in total. The monoisotopic (exact) mass is 665 g/mol. The fourth-order valence-electron chi connectivity index (χ4n) is 8.03. The summed E-state index contributed by atoms with van der Waals surface area (Å²) < 4.78 is 0. The second-order valence-corrected chi connectivity index (χ2v) is 15.5. The van der Waals surface area contributed by atoms with Crippen LogP contribution in [0.1, 0.15) is 115 Å². The normalized spacial score (nSPS) is 24.7. The van der Waals surface area contributed by atoms with Crippen molar-refractivity contribution in [3.63, 3.8) is 0 Å². The van der Waals surface area contributed by atoms with E-state index < -0.39 is 35.2 Å². The maximum atomic E-state index is 14.6. The van der Waals surface area contributed by atoms with Crippen LogP contribution < -0.4 is 21.3 Å². The Morgan fingerprint density at radius 2 is 1.69 bits per heavy atom. The van der Waals surface area contributed by atoms with Gasteiger partial charge in [0.05, 0.1) is 18.3 Å². The summed E-state index contributed by atoms with van der Waals surface area (Å²) in [7, 11) is 0. The van der Waals surface area contributed by atoms with Crippen LogP contribution in [0.25, 0.3) is 0 Å². The predicted octanol–water partition coefficient (Wildman–Crippen LogP) is 2.92. The van der Waals surface area contributed by atoms with E-state index >= 15 is 0 Å². The van der Waals surface area contributed by atoms with Gasteiger partial charge in [-0.1, -0.05) is 59.8 Å². The Morgan fingerprint density at radius 3 is 2.33 bits per heavy atom. The van der Waals surface area contributed by atoms with Crippen molar-refractivity contribution in [3.05, 3.63) is 24.3 Å². The summed E-state index contributed by atoms with van der Waals surface area (Å²) in [5.74, 6) is -1.58. The first kappa shape index (κ1) is 35.9. The Morgan fingerprint density at radius 1 is 0.938 bits per heavy atom. The standard InChI is InChI=1S/C36H55N7O5/c1-5-10-26(30(44)34(47)40-24-15-16-24)41-33(46)29-25-14-9-13-23(25)21-43(29)35(48)31(36(2,3)4)39-20-27(22-11-7-6-8-12-22)42-32(45)28-19-37-17-18-38-28/h17-19,22-27,29,31,39H,5-16,20-21H2,1-4H3,(H,40,47)(H,41,46)(H,42,45)/t23-,25-,26-,27+,29-,31+/m0/s1. The molecule has 48 heavy (non-hydrogen) atoms. The topological polar surface area (TPSA) is 162 Å².